The Hall–Kier alpha value is -1.83. The van der Waals surface area contributed by atoms with Crippen LogP contribution in [0.15, 0.2) is 0 Å². The van der Waals surface area contributed by atoms with Crippen LogP contribution in [0, 0.1) is 0 Å². The molecule has 0 aromatic heterocycles. The van der Waals surface area contributed by atoms with Crippen molar-refractivity contribution in [3.63, 3.8) is 0 Å². The quantitative estimate of drug-likeness (QED) is 0.662. The van der Waals surface area contributed by atoms with Crippen molar-refractivity contribution in [1.82, 2.24) is 15.1 Å². The van der Waals surface area contributed by atoms with Crippen LogP contribution in [0.25, 0.3) is 0 Å². The molecule has 1 N–H and O–H groups in total. The third kappa shape index (κ3) is 6.44. The molecular weight excluding hydrogens is 278 g/mol. The highest BCUT2D eigenvalue weighted by Gasteiger charge is 2.22. The number of ether oxygens (including phenoxy) is 2. The Balaban J connectivity index is 2.24. The van der Waals surface area contributed by atoms with Gasteiger partial charge in [0.2, 0.25) is 0 Å². The first-order chi connectivity index (χ1) is 10.1. The highest BCUT2D eigenvalue weighted by molar-refractivity contribution is 5.81. The number of piperazine rings is 1. The van der Waals surface area contributed by atoms with Gasteiger partial charge in [-0.15, -0.1) is 0 Å². The van der Waals surface area contributed by atoms with Gasteiger partial charge in [-0.05, 0) is 13.8 Å². The second kappa shape index (κ2) is 9.17. The Morgan fingerprint density at radius 2 is 1.52 bits per heavy atom. The third-order valence-electron chi connectivity index (χ3n) is 3.01. The Morgan fingerprint density at radius 3 is 2.10 bits per heavy atom. The van der Waals surface area contributed by atoms with E-state index in [9.17, 15) is 14.4 Å². The molecule has 0 bridgehead atoms. The van der Waals surface area contributed by atoms with E-state index in [1.165, 1.54) is 0 Å². The summed E-state index contributed by atoms with van der Waals surface area (Å²) >= 11 is 0. The molecule has 0 aliphatic carbocycles. The minimum absolute atomic E-state index is 0.129. The van der Waals surface area contributed by atoms with Crippen molar-refractivity contribution in [2.24, 2.45) is 0 Å². The van der Waals surface area contributed by atoms with Gasteiger partial charge in [-0.3, -0.25) is 14.5 Å². The highest BCUT2D eigenvalue weighted by Crippen LogP contribution is 2.02. The summed E-state index contributed by atoms with van der Waals surface area (Å²) in [7, 11) is 0. The van der Waals surface area contributed by atoms with E-state index in [2.05, 4.69) is 5.32 Å². The number of amides is 2. The predicted octanol–water partition coefficient (Wildman–Crippen LogP) is -0.560. The van der Waals surface area contributed by atoms with E-state index in [1.54, 1.807) is 18.7 Å². The first-order valence-corrected chi connectivity index (χ1v) is 7.13. The molecule has 120 valence electrons. The first kappa shape index (κ1) is 17.2. The van der Waals surface area contributed by atoms with Crippen LogP contribution in [0.4, 0.5) is 4.79 Å². The van der Waals surface area contributed by atoms with Gasteiger partial charge >= 0.3 is 18.0 Å². The van der Waals surface area contributed by atoms with Crippen LogP contribution in [0.5, 0.6) is 0 Å². The lowest BCUT2D eigenvalue weighted by Crippen LogP contribution is -2.53. The first-order valence-electron chi connectivity index (χ1n) is 7.13. The van der Waals surface area contributed by atoms with Crippen molar-refractivity contribution in [2.75, 3.05) is 52.5 Å². The number of urea groups is 1. The standard InChI is InChI=1S/C13H23N3O5/c1-3-20-11(17)9-14-13(19)16-7-5-15(6-8-16)10-12(18)21-4-2/h3-10H2,1-2H3,(H,14,19). The molecule has 1 fully saturated rings. The van der Waals surface area contributed by atoms with Crippen LogP contribution >= 0.6 is 0 Å². The van der Waals surface area contributed by atoms with Gasteiger partial charge in [-0.2, -0.15) is 0 Å². The van der Waals surface area contributed by atoms with Crippen molar-refractivity contribution in [1.29, 1.82) is 0 Å². The van der Waals surface area contributed by atoms with Gasteiger partial charge in [-0.25, -0.2) is 4.79 Å². The molecule has 1 saturated heterocycles. The van der Waals surface area contributed by atoms with Crippen molar-refractivity contribution in [3.8, 4) is 0 Å². The molecule has 1 aliphatic rings. The molecule has 0 aromatic rings. The zero-order chi connectivity index (χ0) is 15.7. The summed E-state index contributed by atoms with van der Waals surface area (Å²) in [6, 6.07) is -0.293. The van der Waals surface area contributed by atoms with Crippen LogP contribution in [-0.2, 0) is 19.1 Å². The van der Waals surface area contributed by atoms with Crippen molar-refractivity contribution in [3.05, 3.63) is 0 Å². The third-order valence-corrected chi connectivity index (χ3v) is 3.01. The Labute approximate surface area is 124 Å². The second-order valence-corrected chi connectivity index (χ2v) is 4.53. The smallest absolute Gasteiger partial charge is 0.325 e. The zero-order valence-electron chi connectivity index (χ0n) is 12.6. The Bertz CT molecular complexity index is 367. The molecular formula is C13H23N3O5. The van der Waals surface area contributed by atoms with Crippen LogP contribution < -0.4 is 5.32 Å². The zero-order valence-corrected chi connectivity index (χ0v) is 12.6. The molecule has 2 amide bonds. The molecule has 0 atom stereocenters. The maximum absolute atomic E-state index is 11.8. The molecule has 1 heterocycles. The maximum Gasteiger partial charge on any atom is 0.325 e. The summed E-state index contributed by atoms with van der Waals surface area (Å²) in [6.45, 7) is 6.48. The Kier molecular flexibility index (Phi) is 7.52. The van der Waals surface area contributed by atoms with Crippen molar-refractivity contribution >= 4 is 18.0 Å². The van der Waals surface area contributed by atoms with Gasteiger partial charge in [-0.1, -0.05) is 0 Å². The molecule has 0 unspecified atom stereocenters. The SMILES string of the molecule is CCOC(=O)CNC(=O)N1CCN(CC(=O)OCC)CC1. The molecule has 0 aromatic carbocycles. The van der Waals surface area contributed by atoms with Crippen LogP contribution in [0.2, 0.25) is 0 Å². The predicted molar refractivity (Wildman–Crippen MR) is 74.7 cm³/mol. The lowest BCUT2D eigenvalue weighted by atomic mass is 10.3. The molecule has 1 rings (SSSR count). The monoisotopic (exact) mass is 301 g/mol. The summed E-state index contributed by atoms with van der Waals surface area (Å²) in [5.41, 5.74) is 0. The minimum atomic E-state index is -0.452. The van der Waals surface area contributed by atoms with Gasteiger partial charge in [0.15, 0.2) is 0 Å². The van der Waals surface area contributed by atoms with E-state index in [4.69, 9.17) is 9.47 Å². The fraction of sp³-hybridized carbons (Fsp3) is 0.769. The number of carbonyl (C=O) groups excluding carboxylic acids is 3. The average Bonchev–Trinajstić information content (AvgIpc) is 2.46. The molecule has 0 spiro atoms. The molecule has 0 saturated carbocycles. The number of carbonyl (C=O) groups is 3. The topological polar surface area (TPSA) is 88.2 Å². The van der Waals surface area contributed by atoms with E-state index in [0.29, 0.717) is 39.4 Å². The number of nitrogens with zero attached hydrogens (tertiary/aromatic N) is 2. The number of hydrogen-bond donors (Lipinski definition) is 1. The number of hydrogen-bond acceptors (Lipinski definition) is 6. The van der Waals surface area contributed by atoms with Gasteiger partial charge in [0, 0.05) is 26.2 Å². The molecule has 1 aliphatic heterocycles. The number of esters is 2. The van der Waals surface area contributed by atoms with Gasteiger partial charge < -0.3 is 19.7 Å². The minimum Gasteiger partial charge on any atom is -0.465 e. The summed E-state index contributed by atoms with van der Waals surface area (Å²) < 4.78 is 9.61. The van der Waals surface area contributed by atoms with Gasteiger partial charge in [0.1, 0.15) is 6.54 Å². The number of nitrogens with one attached hydrogen (secondary N) is 1. The Morgan fingerprint density at radius 1 is 0.952 bits per heavy atom. The molecule has 8 nitrogen and oxygen atoms in total. The van der Waals surface area contributed by atoms with Crippen molar-refractivity contribution < 1.29 is 23.9 Å². The van der Waals surface area contributed by atoms with Crippen LogP contribution in [-0.4, -0.2) is 80.3 Å². The molecule has 0 radical (unpaired) electrons. The summed E-state index contributed by atoms with van der Waals surface area (Å²) in [6.07, 6.45) is 0. The van der Waals surface area contributed by atoms with Crippen LogP contribution in [0.3, 0.4) is 0 Å². The molecule has 21 heavy (non-hydrogen) atoms. The van der Waals surface area contributed by atoms with Crippen molar-refractivity contribution in [2.45, 2.75) is 13.8 Å². The number of rotatable bonds is 6. The van der Waals surface area contributed by atoms with E-state index >= 15 is 0 Å². The van der Waals surface area contributed by atoms with E-state index in [1.807, 2.05) is 4.90 Å². The normalized spacial score (nSPS) is 15.4. The van der Waals surface area contributed by atoms with E-state index in [0.717, 1.165) is 0 Å². The largest absolute Gasteiger partial charge is 0.465 e. The second-order valence-electron chi connectivity index (χ2n) is 4.53. The lowest BCUT2D eigenvalue weighted by Gasteiger charge is -2.33. The summed E-state index contributed by atoms with van der Waals surface area (Å²) in [5, 5.41) is 2.52. The summed E-state index contributed by atoms with van der Waals surface area (Å²) in [4.78, 5) is 37.9. The fourth-order valence-electron chi connectivity index (χ4n) is 1.97. The fourth-order valence-corrected chi connectivity index (χ4v) is 1.97. The van der Waals surface area contributed by atoms with E-state index in [-0.39, 0.29) is 25.1 Å². The van der Waals surface area contributed by atoms with Gasteiger partial charge in [0.05, 0.1) is 19.8 Å². The lowest BCUT2D eigenvalue weighted by molar-refractivity contribution is -0.145. The highest BCUT2D eigenvalue weighted by atomic mass is 16.5. The summed E-state index contributed by atoms with van der Waals surface area (Å²) in [5.74, 6) is -0.704. The average molecular weight is 301 g/mol. The van der Waals surface area contributed by atoms with E-state index < -0.39 is 5.97 Å². The maximum atomic E-state index is 11.8. The molecule has 8 heteroatoms. The van der Waals surface area contributed by atoms with Gasteiger partial charge in [0.25, 0.3) is 0 Å². The van der Waals surface area contributed by atoms with Crippen LogP contribution in [0.1, 0.15) is 13.8 Å².